The van der Waals surface area contributed by atoms with Crippen LogP contribution in [0.4, 0.5) is 4.79 Å². The van der Waals surface area contributed by atoms with Crippen LogP contribution in [0.2, 0.25) is 0 Å². The summed E-state index contributed by atoms with van der Waals surface area (Å²) >= 11 is 0. The summed E-state index contributed by atoms with van der Waals surface area (Å²) in [7, 11) is 1.38. The molecule has 0 spiro atoms. The van der Waals surface area contributed by atoms with Gasteiger partial charge in [0.1, 0.15) is 5.75 Å². The molecule has 2 rings (SSSR count). The molecule has 0 saturated carbocycles. The van der Waals surface area contributed by atoms with E-state index in [0.29, 0.717) is 32.5 Å². The lowest BCUT2D eigenvalue weighted by Gasteiger charge is -2.31. The Morgan fingerprint density at radius 3 is 2.62 bits per heavy atom. The highest BCUT2D eigenvalue weighted by atomic mass is 16.5. The zero-order chi connectivity index (χ0) is 17.4. The van der Waals surface area contributed by atoms with Crippen molar-refractivity contribution in [2.75, 3.05) is 26.8 Å². The Kier molecular flexibility index (Phi) is 6.90. The lowest BCUT2D eigenvalue weighted by Crippen LogP contribution is -2.46. The van der Waals surface area contributed by atoms with Crippen LogP contribution in [-0.2, 0) is 9.53 Å². The van der Waals surface area contributed by atoms with Gasteiger partial charge in [-0.2, -0.15) is 0 Å². The summed E-state index contributed by atoms with van der Waals surface area (Å²) in [5.74, 6) is 0.910. The van der Waals surface area contributed by atoms with Gasteiger partial charge in [0.25, 0.3) is 0 Å². The molecule has 0 radical (unpaired) electrons. The summed E-state index contributed by atoms with van der Waals surface area (Å²) in [5, 5.41) is 3.03. The number of amides is 2. The fourth-order valence-electron chi connectivity index (χ4n) is 2.77. The van der Waals surface area contributed by atoms with Crippen molar-refractivity contribution in [3.63, 3.8) is 0 Å². The highest BCUT2D eigenvalue weighted by molar-refractivity contribution is 5.76. The number of nitrogens with zero attached hydrogens (tertiary/aromatic N) is 1. The normalized spacial score (nSPS) is 15.0. The predicted octanol–water partition coefficient (Wildman–Crippen LogP) is 2.50. The number of para-hydroxylation sites is 1. The van der Waals surface area contributed by atoms with Crippen LogP contribution in [-0.4, -0.2) is 49.7 Å². The van der Waals surface area contributed by atoms with E-state index in [1.165, 1.54) is 7.11 Å². The average molecular weight is 334 g/mol. The molecule has 0 aromatic heterocycles. The molecule has 1 aromatic carbocycles. The Hall–Kier alpha value is -2.24. The highest BCUT2D eigenvalue weighted by Gasteiger charge is 2.23. The molecule has 1 saturated heterocycles. The smallest absolute Gasteiger partial charge is 0.409 e. The van der Waals surface area contributed by atoms with Gasteiger partial charge in [-0.25, -0.2) is 4.79 Å². The molecular weight excluding hydrogens is 308 g/mol. The predicted molar refractivity (Wildman–Crippen MR) is 91.1 cm³/mol. The number of aryl methyl sites for hydroxylation is 1. The van der Waals surface area contributed by atoms with E-state index in [2.05, 4.69) is 5.32 Å². The first-order valence-electron chi connectivity index (χ1n) is 8.41. The van der Waals surface area contributed by atoms with Gasteiger partial charge in [-0.3, -0.25) is 4.79 Å². The van der Waals surface area contributed by atoms with E-state index >= 15 is 0 Å². The fourth-order valence-corrected chi connectivity index (χ4v) is 2.77. The van der Waals surface area contributed by atoms with Gasteiger partial charge >= 0.3 is 6.09 Å². The first-order valence-corrected chi connectivity index (χ1v) is 8.41. The fraction of sp³-hybridized carbons (Fsp3) is 0.556. The van der Waals surface area contributed by atoms with Gasteiger partial charge in [0.15, 0.2) is 0 Å². The topological polar surface area (TPSA) is 67.9 Å². The van der Waals surface area contributed by atoms with E-state index in [-0.39, 0.29) is 18.0 Å². The summed E-state index contributed by atoms with van der Waals surface area (Å²) in [6.45, 7) is 3.77. The summed E-state index contributed by atoms with van der Waals surface area (Å²) < 4.78 is 10.4. The lowest BCUT2D eigenvalue weighted by molar-refractivity contribution is -0.122. The van der Waals surface area contributed by atoms with Crippen molar-refractivity contribution < 1.29 is 19.1 Å². The number of likely N-dealkylation sites (tertiary alicyclic amines) is 1. The average Bonchev–Trinajstić information content (AvgIpc) is 2.60. The molecule has 24 heavy (non-hydrogen) atoms. The van der Waals surface area contributed by atoms with Gasteiger partial charge in [0, 0.05) is 25.6 Å². The van der Waals surface area contributed by atoms with E-state index in [1.807, 2.05) is 31.2 Å². The zero-order valence-corrected chi connectivity index (χ0v) is 14.4. The van der Waals surface area contributed by atoms with Crippen LogP contribution in [0, 0.1) is 6.92 Å². The van der Waals surface area contributed by atoms with Crippen LogP contribution in [0.1, 0.15) is 31.2 Å². The Morgan fingerprint density at radius 2 is 1.96 bits per heavy atom. The monoisotopic (exact) mass is 334 g/mol. The van der Waals surface area contributed by atoms with Crippen LogP contribution >= 0.6 is 0 Å². The summed E-state index contributed by atoms with van der Waals surface area (Å²) in [6, 6.07) is 7.99. The number of methoxy groups -OCH3 is 1. The van der Waals surface area contributed by atoms with Crippen molar-refractivity contribution in [3.8, 4) is 5.75 Å². The third kappa shape index (κ3) is 5.44. The maximum atomic E-state index is 12.0. The summed E-state index contributed by atoms with van der Waals surface area (Å²) in [5.41, 5.74) is 1.10. The molecule has 1 heterocycles. The molecule has 1 fully saturated rings. The molecule has 0 bridgehead atoms. The molecule has 6 nitrogen and oxygen atoms in total. The van der Waals surface area contributed by atoms with Gasteiger partial charge in [-0.05, 0) is 37.8 Å². The van der Waals surface area contributed by atoms with Crippen LogP contribution in [0.5, 0.6) is 5.75 Å². The Bertz CT molecular complexity index is 554. The minimum Gasteiger partial charge on any atom is -0.493 e. The van der Waals surface area contributed by atoms with Crippen molar-refractivity contribution in [2.24, 2.45) is 0 Å². The third-order valence-corrected chi connectivity index (χ3v) is 4.19. The van der Waals surface area contributed by atoms with Gasteiger partial charge in [0.2, 0.25) is 5.91 Å². The van der Waals surface area contributed by atoms with Crippen LogP contribution in [0.25, 0.3) is 0 Å². The number of nitrogens with one attached hydrogen (secondary N) is 1. The minimum atomic E-state index is -0.298. The molecule has 0 atom stereocenters. The van der Waals surface area contributed by atoms with Crippen molar-refractivity contribution >= 4 is 12.0 Å². The summed E-state index contributed by atoms with van der Waals surface area (Å²) in [4.78, 5) is 25.1. The standard InChI is InChI=1S/C18H26N2O4/c1-14-6-3-4-7-16(14)24-13-5-8-17(21)19-15-9-11-20(12-10-15)18(22)23-2/h3-4,6-7,15H,5,8-13H2,1-2H3,(H,19,21). The molecule has 1 aromatic rings. The molecule has 0 aliphatic carbocycles. The highest BCUT2D eigenvalue weighted by Crippen LogP contribution is 2.16. The zero-order valence-electron chi connectivity index (χ0n) is 14.4. The number of rotatable bonds is 6. The SMILES string of the molecule is COC(=O)N1CCC(NC(=O)CCCOc2ccccc2C)CC1. The largest absolute Gasteiger partial charge is 0.493 e. The molecule has 2 amide bonds. The molecule has 1 N–H and O–H groups in total. The molecule has 0 unspecified atom stereocenters. The second-order valence-corrected chi connectivity index (χ2v) is 6.02. The second-order valence-electron chi connectivity index (χ2n) is 6.02. The second kappa shape index (κ2) is 9.15. The number of carbonyl (C=O) groups is 2. The Morgan fingerprint density at radius 1 is 1.25 bits per heavy atom. The van der Waals surface area contributed by atoms with Crippen molar-refractivity contribution in [1.82, 2.24) is 10.2 Å². The molecule has 1 aliphatic rings. The summed E-state index contributed by atoms with van der Waals surface area (Å²) in [6.07, 6.45) is 2.36. The van der Waals surface area contributed by atoms with Gasteiger partial charge in [0.05, 0.1) is 13.7 Å². The number of hydrogen-bond donors (Lipinski definition) is 1. The maximum absolute atomic E-state index is 12.0. The minimum absolute atomic E-state index is 0.0416. The molecular formula is C18H26N2O4. The van der Waals surface area contributed by atoms with Crippen molar-refractivity contribution in [2.45, 2.75) is 38.6 Å². The number of piperidine rings is 1. The van der Waals surface area contributed by atoms with Gasteiger partial charge in [-0.1, -0.05) is 18.2 Å². The van der Waals surface area contributed by atoms with Crippen LogP contribution in [0.15, 0.2) is 24.3 Å². The van der Waals surface area contributed by atoms with Gasteiger partial charge < -0.3 is 19.7 Å². The molecule has 6 heteroatoms. The Balaban J connectivity index is 1.60. The number of carbonyl (C=O) groups excluding carboxylic acids is 2. The number of benzene rings is 1. The van der Waals surface area contributed by atoms with Crippen molar-refractivity contribution in [3.05, 3.63) is 29.8 Å². The van der Waals surface area contributed by atoms with Crippen LogP contribution < -0.4 is 10.1 Å². The number of hydrogen-bond acceptors (Lipinski definition) is 4. The third-order valence-electron chi connectivity index (χ3n) is 4.19. The van der Waals surface area contributed by atoms with Crippen molar-refractivity contribution in [1.29, 1.82) is 0 Å². The quantitative estimate of drug-likeness (QED) is 0.812. The lowest BCUT2D eigenvalue weighted by atomic mass is 10.1. The van der Waals surface area contributed by atoms with E-state index in [4.69, 9.17) is 9.47 Å². The first-order chi connectivity index (χ1) is 11.6. The van der Waals surface area contributed by atoms with Gasteiger partial charge in [-0.15, -0.1) is 0 Å². The van der Waals surface area contributed by atoms with Crippen LogP contribution in [0.3, 0.4) is 0 Å². The molecule has 132 valence electrons. The van der Waals surface area contributed by atoms with E-state index < -0.39 is 0 Å². The Labute approximate surface area is 143 Å². The van der Waals surface area contributed by atoms with E-state index in [0.717, 1.165) is 24.2 Å². The molecule has 1 aliphatic heterocycles. The van der Waals surface area contributed by atoms with E-state index in [9.17, 15) is 9.59 Å². The van der Waals surface area contributed by atoms with E-state index in [1.54, 1.807) is 4.90 Å². The first kappa shape index (κ1) is 18.1. The maximum Gasteiger partial charge on any atom is 0.409 e. The number of ether oxygens (including phenoxy) is 2.